The first-order valence-electron chi connectivity index (χ1n) is 3.77. The van der Waals surface area contributed by atoms with Gasteiger partial charge in [-0.15, -0.1) is 4.36 Å². The molecule has 2 rings (SSSR count). The Balaban J connectivity index is 2.68. The molecule has 0 amide bonds. The van der Waals surface area contributed by atoms with E-state index >= 15 is 0 Å². The van der Waals surface area contributed by atoms with Crippen LogP contribution in [0.25, 0.3) is 11.0 Å². The SMILES string of the molecule is O=S(=O)=Nc1ccc2nccnc2c1. The van der Waals surface area contributed by atoms with E-state index < -0.39 is 10.5 Å². The van der Waals surface area contributed by atoms with Gasteiger partial charge in [0.1, 0.15) is 0 Å². The van der Waals surface area contributed by atoms with Crippen LogP contribution in [0.15, 0.2) is 35.0 Å². The Labute approximate surface area is 81.1 Å². The molecule has 2 aromatic rings. The van der Waals surface area contributed by atoms with Gasteiger partial charge in [-0.25, -0.2) is 0 Å². The van der Waals surface area contributed by atoms with Crippen LogP contribution < -0.4 is 0 Å². The Morgan fingerprint density at radius 2 is 1.79 bits per heavy atom. The minimum Gasteiger partial charge on any atom is -0.253 e. The molecule has 6 heteroatoms. The van der Waals surface area contributed by atoms with Crippen molar-refractivity contribution < 1.29 is 8.42 Å². The second-order valence-corrected chi connectivity index (χ2v) is 3.15. The van der Waals surface area contributed by atoms with E-state index in [-0.39, 0.29) is 0 Å². The van der Waals surface area contributed by atoms with Crippen molar-refractivity contribution in [2.45, 2.75) is 0 Å². The average Bonchev–Trinajstić information content (AvgIpc) is 2.17. The van der Waals surface area contributed by atoms with Gasteiger partial charge in [0.2, 0.25) is 0 Å². The third-order valence-corrected chi connectivity index (χ3v) is 1.99. The Bertz CT molecular complexity index is 599. The van der Waals surface area contributed by atoms with E-state index in [1.165, 1.54) is 0 Å². The summed E-state index contributed by atoms with van der Waals surface area (Å²) in [4.78, 5) is 8.07. The predicted molar refractivity (Wildman–Crippen MR) is 50.5 cm³/mol. The lowest BCUT2D eigenvalue weighted by molar-refractivity contribution is 0.622. The Hall–Kier alpha value is -1.82. The fourth-order valence-corrected chi connectivity index (χ4v) is 1.38. The van der Waals surface area contributed by atoms with Crippen LogP contribution in [0.1, 0.15) is 0 Å². The highest BCUT2D eigenvalue weighted by atomic mass is 32.2. The number of rotatable bonds is 1. The molecule has 70 valence electrons. The Morgan fingerprint density at radius 1 is 1.07 bits per heavy atom. The maximum absolute atomic E-state index is 10.3. The summed E-state index contributed by atoms with van der Waals surface area (Å²) < 4.78 is 24.0. The van der Waals surface area contributed by atoms with Crippen LogP contribution >= 0.6 is 0 Å². The van der Waals surface area contributed by atoms with E-state index in [0.717, 1.165) is 0 Å². The fraction of sp³-hybridized carbons (Fsp3) is 0. The number of nitrogens with zero attached hydrogens (tertiary/aromatic N) is 3. The van der Waals surface area contributed by atoms with Crippen molar-refractivity contribution in [3.8, 4) is 0 Å². The molecule has 14 heavy (non-hydrogen) atoms. The summed E-state index contributed by atoms with van der Waals surface area (Å²) >= 11 is 0. The monoisotopic (exact) mass is 207 g/mol. The summed E-state index contributed by atoms with van der Waals surface area (Å²) in [6.45, 7) is 0. The molecule has 0 spiro atoms. The summed E-state index contributed by atoms with van der Waals surface area (Å²) in [5, 5.41) is 0. The molecule has 1 heterocycles. The molecule has 0 bridgehead atoms. The second-order valence-electron chi connectivity index (χ2n) is 2.54. The third-order valence-electron chi connectivity index (χ3n) is 1.63. The van der Waals surface area contributed by atoms with Crippen LogP contribution in [0, 0.1) is 0 Å². The summed E-state index contributed by atoms with van der Waals surface area (Å²) in [7, 11) is -2.43. The first-order chi connectivity index (χ1) is 6.75. The molecule has 0 N–H and O–H groups in total. The van der Waals surface area contributed by atoms with Gasteiger partial charge in [0.05, 0.1) is 16.7 Å². The van der Waals surface area contributed by atoms with E-state index in [1.807, 2.05) is 0 Å². The molecule has 0 fully saturated rings. The Kier molecular flexibility index (Phi) is 2.19. The van der Waals surface area contributed by atoms with Crippen LogP contribution in [-0.4, -0.2) is 18.4 Å². The number of benzene rings is 1. The van der Waals surface area contributed by atoms with Crippen molar-refractivity contribution in [3.63, 3.8) is 0 Å². The molecule has 0 aliphatic rings. The maximum Gasteiger partial charge on any atom is 0.316 e. The summed E-state index contributed by atoms with van der Waals surface area (Å²) in [6.07, 6.45) is 3.12. The molecule has 0 aliphatic heterocycles. The third kappa shape index (κ3) is 1.74. The fourth-order valence-electron chi connectivity index (χ4n) is 1.09. The smallest absolute Gasteiger partial charge is 0.253 e. The number of aromatic nitrogens is 2. The second kappa shape index (κ2) is 3.51. The molecule has 0 saturated carbocycles. The number of hydrogen-bond acceptors (Lipinski definition) is 5. The molecule has 0 aliphatic carbocycles. The minimum atomic E-state index is -2.43. The van der Waals surface area contributed by atoms with Gasteiger partial charge in [-0.3, -0.25) is 9.97 Å². The lowest BCUT2D eigenvalue weighted by Crippen LogP contribution is -1.80. The van der Waals surface area contributed by atoms with E-state index in [1.54, 1.807) is 30.6 Å². The average molecular weight is 207 g/mol. The van der Waals surface area contributed by atoms with Gasteiger partial charge < -0.3 is 0 Å². The van der Waals surface area contributed by atoms with Crippen molar-refractivity contribution in [1.82, 2.24) is 9.97 Å². The van der Waals surface area contributed by atoms with Crippen molar-refractivity contribution >= 4 is 27.2 Å². The molecule has 0 atom stereocenters. The molecular formula is C8H5N3O2S. The van der Waals surface area contributed by atoms with Gasteiger partial charge in [0.15, 0.2) is 0 Å². The highest BCUT2D eigenvalue weighted by molar-refractivity contribution is 7.61. The lowest BCUT2D eigenvalue weighted by Gasteiger charge is -1.94. The number of fused-ring (bicyclic) bond motifs is 1. The van der Waals surface area contributed by atoms with Crippen LogP contribution in [0.3, 0.4) is 0 Å². The molecule has 0 radical (unpaired) electrons. The lowest BCUT2D eigenvalue weighted by atomic mass is 10.3. The molecule has 1 aromatic carbocycles. The van der Waals surface area contributed by atoms with Gasteiger partial charge >= 0.3 is 10.5 Å². The Morgan fingerprint density at radius 3 is 2.50 bits per heavy atom. The van der Waals surface area contributed by atoms with Crippen LogP contribution in [0.4, 0.5) is 5.69 Å². The molecule has 0 unspecified atom stereocenters. The van der Waals surface area contributed by atoms with Crippen LogP contribution in [0.2, 0.25) is 0 Å². The molecular weight excluding hydrogens is 202 g/mol. The molecule has 0 saturated heterocycles. The van der Waals surface area contributed by atoms with Crippen molar-refractivity contribution in [2.75, 3.05) is 0 Å². The standard InChI is InChI=1S/C8H5N3O2S/c12-14(13)11-6-1-2-7-8(5-6)10-4-3-9-7/h1-5H. The first kappa shape index (κ1) is 8.76. The normalized spacial score (nSPS) is 10.0. The van der Waals surface area contributed by atoms with Crippen molar-refractivity contribution in [1.29, 1.82) is 0 Å². The van der Waals surface area contributed by atoms with Crippen molar-refractivity contribution in [3.05, 3.63) is 30.6 Å². The zero-order chi connectivity index (χ0) is 9.97. The van der Waals surface area contributed by atoms with E-state index in [4.69, 9.17) is 0 Å². The summed E-state index contributed by atoms with van der Waals surface area (Å²) in [6, 6.07) is 4.82. The minimum absolute atomic E-state index is 0.353. The van der Waals surface area contributed by atoms with Gasteiger partial charge in [0.25, 0.3) is 0 Å². The van der Waals surface area contributed by atoms with E-state index in [2.05, 4.69) is 14.3 Å². The maximum atomic E-state index is 10.3. The summed E-state index contributed by atoms with van der Waals surface area (Å²) in [5.74, 6) is 0. The zero-order valence-corrected chi connectivity index (χ0v) is 7.77. The first-order valence-corrected chi connectivity index (χ1v) is 4.81. The van der Waals surface area contributed by atoms with Gasteiger partial charge in [-0.1, -0.05) is 0 Å². The largest absolute Gasteiger partial charge is 0.316 e. The highest BCUT2D eigenvalue weighted by Gasteiger charge is 1.96. The highest BCUT2D eigenvalue weighted by Crippen LogP contribution is 2.17. The quantitative estimate of drug-likeness (QED) is 0.707. The zero-order valence-electron chi connectivity index (χ0n) is 6.95. The molecule has 1 aromatic heterocycles. The topological polar surface area (TPSA) is 72.3 Å². The van der Waals surface area contributed by atoms with Gasteiger partial charge in [0, 0.05) is 12.4 Å². The number of hydrogen-bond donors (Lipinski definition) is 0. The predicted octanol–water partition coefficient (Wildman–Crippen LogP) is 1.32. The van der Waals surface area contributed by atoms with E-state index in [0.29, 0.717) is 16.7 Å². The van der Waals surface area contributed by atoms with Crippen LogP contribution in [0.5, 0.6) is 0 Å². The van der Waals surface area contributed by atoms with Crippen molar-refractivity contribution in [2.24, 2.45) is 4.36 Å². The van der Waals surface area contributed by atoms with E-state index in [9.17, 15) is 8.42 Å². The molecule has 5 nitrogen and oxygen atoms in total. The van der Waals surface area contributed by atoms with Gasteiger partial charge in [-0.2, -0.15) is 8.42 Å². The van der Waals surface area contributed by atoms with Gasteiger partial charge in [-0.05, 0) is 18.2 Å². The summed E-state index contributed by atoms with van der Waals surface area (Å²) in [5.41, 5.74) is 1.69. The van der Waals surface area contributed by atoms with Crippen LogP contribution in [-0.2, 0) is 10.5 Å².